The lowest BCUT2D eigenvalue weighted by Crippen LogP contribution is -2.68. The van der Waals surface area contributed by atoms with Crippen LogP contribution in [0.3, 0.4) is 0 Å². The molecule has 3 fully saturated rings. The molecule has 0 amide bonds. The minimum atomic E-state index is 0.893. The summed E-state index contributed by atoms with van der Waals surface area (Å²) < 4.78 is 5.55. The zero-order chi connectivity index (χ0) is 21.0. The monoisotopic (exact) mass is 411 g/mol. The number of nitrogens with zero attached hydrogens (tertiary/aromatic N) is 7. The first-order valence-corrected chi connectivity index (χ1v) is 11.6. The summed E-state index contributed by atoms with van der Waals surface area (Å²) in [6, 6.07) is 8.56. The van der Waals surface area contributed by atoms with Gasteiger partial charge in [-0.1, -0.05) is 5.11 Å². The Balaban J connectivity index is 1.40. The van der Waals surface area contributed by atoms with Crippen molar-refractivity contribution in [3.8, 4) is 0 Å². The zero-order valence-electron chi connectivity index (χ0n) is 18.9. The fourth-order valence-corrected chi connectivity index (χ4v) is 4.77. The molecule has 0 N–H and O–H groups in total. The largest absolute Gasteiger partial charge is 0.421 e. The number of benzene rings is 1. The fourth-order valence-electron chi connectivity index (χ4n) is 4.77. The van der Waals surface area contributed by atoms with Crippen LogP contribution in [0.1, 0.15) is 20.8 Å². The van der Waals surface area contributed by atoms with Gasteiger partial charge in [0.25, 0.3) is 0 Å². The molecule has 0 spiro atoms. The van der Waals surface area contributed by atoms with Crippen molar-refractivity contribution in [2.45, 2.75) is 33.9 Å². The summed E-state index contributed by atoms with van der Waals surface area (Å²) in [6.07, 6.45) is 4.13. The van der Waals surface area contributed by atoms with Crippen LogP contribution in [-0.2, 0) is 13.1 Å². The molecular weight excluding hydrogens is 374 g/mol. The number of quaternary nitrogens is 1. The van der Waals surface area contributed by atoms with E-state index in [2.05, 4.69) is 86.6 Å². The highest BCUT2D eigenvalue weighted by molar-refractivity contribution is 5.52. The van der Waals surface area contributed by atoms with Crippen molar-refractivity contribution in [2.75, 3.05) is 63.8 Å². The summed E-state index contributed by atoms with van der Waals surface area (Å²) in [4.78, 5) is 5.12. The van der Waals surface area contributed by atoms with Crippen LogP contribution in [0.15, 0.2) is 46.9 Å². The number of rotatable bonds is 9. The van der Waals surface area contributed by atoms with Gasteiger partial charge in [-0.15, -0.1) is 0 Å². The van der Waals surface area contributed by atoms with Crippen molar-refractivity contribution in [3.63, 3.8) is 0 Å². The number of anilines is 1. The fraction of sp³-hybridized carbons (Fsp3) is 0.609. The molecule has 0 saturated carbocycles. The third-order valence-corrected chi connectivity index (χ3v) is 6.99. The van der Waals surface area contributed by atoms with Gasteiger partial charge in [0, 0.05) is 37.0 Å². The highest BCUT2D eigenvalue weighted by atomic mass is 15.5. The minimum Gasteiger partial charge on any atom is -0.366 e. The number of imidazole rings is 1. The standard InChI is InChI=1S/C23H37N7/c1-4-27(16-20-30-17-13-26(14-18-30)15-19-30)22-9-7-21(8-10-22)24-25-23-28(5-2)11-12-29(23)6-3/h7-12H,4-6,13-20H2,1-3H3/q+2. The second kappa shape index (κ2) is 9.27. The number of aromatic nitrogens is 2. The third-order valence-electron chi connectivity index (χ3n) is 6.99. The molecule has 0 radical (unpaired) electrons. The average Bonchev–Trinajstić information content (AvgIpc) is 3.22. The normalized spacial score (nSPS) is 23.4. The van der Waals surface area contributed by atoms with E-state index in [0.717, 1.165) is 37.8 Å². The molecule has 2 aromatic rings. The lowest BCUT2D eigenvalue weighted by atomic mass is 10.1. The van der Waals surface area contributed by atoms with Crippen LogP contribution in [-0.4, -0.2) is 72.9 Å². The number of aryl methyl sites for hydroxylation is 2. The van der Waals surface area contributed by atoms with Gasteiger partial charge in [-0.05, 0) is 45.0 Å². The quantitative estimate of drug-likeness (QED) is 0.361. The van der Waals surface area contributed by atoms with E-state index in [-0.39, 0.29) is 0 Å². The smallest absolute Gasteiger partial charge is 0.366 e. The lowest BCUT2D eigenvalue weighted by Gasteiger charge is -2.51. The van der Waals surface area contributed by atoms with E-state index in [1.807, 2.05) is 0 Å². The van der Waals surface area contributed by atoms with Crippen LogP contribution < -0.4 is 9.47 Å². The van der Waals surface area contributed by atoms with Gasteiger partial charge >= 0.3 is 5.95 Å². The molecular formula is C23H37N7+2. The van der Waals surface area contributed by atoms with Crippen LogP contribution in [0, 0.1) is 0 Å². The summed E-state index contributed by atoms with van der Waals surface area (Å²) >= 11 is 0. The second-order valence-electron chi connectivity index (χ2n) is 8.54. The maximum absolute atomic E-state index is 4.53. The van der Waals surface area contributed by atoms with Gasteiger partial charge < -0.3 is 9.38 Å². The number of hydrogen-bond acceptors (Lipinski definition) is 4. The van der Waals surface area contributed by atoms with Crippen LogP contribution in [0.2, 0.25) is 0 Å². The maximum atomic E-state index is 4.53. The molecule has 3 aliphatic rings. The highest BCUT2D eigenvalue weighted by Gasteiger charge is 2.38. The molecule has 0 aliphatic carbocycles. The summed E-state index contributed by atoms with van der Waals surface area (Å²) in [5.74, 6) is 0.898. The van der Waals surface area contributed by atoms with Crippen molar-refractivity contribution in [2.24, 2.45) is 10.2 Å². The summed E-state index contributed by atoms with van der Waals surface area (Å²) in [5, 5.41) is 9.02. The summed E-state index contributed by atoms with van der Waals surface area (Å²) in [7, 11) is 0. The van der Waals surface area contributed by atoms with Crippen molar-refractivity contribution in [3.05, 3.63) is 36.7 Å². The summed E-state index contributed by atoms with van der Waals surface area (Å²) in [5.41, 5.74) is 2.18. The van der Waals surface area contributed by atoms with E-state index < -0.39 is 0 Å². The Labute approximate surface area is 180 Å². The van der Waals surface area contributed by atoms with Crippen molar-refractivity contribution in [1.29, 1.82) is 0 Å². The van der Waals surface area contributed by atoms with Crippen molar-refractivity contribution >= 4 is 17.3 Å². The van der Waals surface area contributed by atoms with E-state index in [9.17, 15) is 0 Å². The molecule has 0 unspecified atom stereocenters. The Morgan fingerprint density at radius 3 is 2.30 bits per heavy atom. The third kappa shape index (κ3) is 4.42. The van der Waals surface area contributed by atoms with Gasteiger partial charge in [-0.3, -0.25) is 4.90 Å². The Kier molecular flexibility index (Phi) is 6.49. The molecule has 30 heavy (non-hydrogen) atoms. The topological polar surface area (TPSA) is 40.0 Å². The minimum absolute atomic E-state index is 0.893. The first-order valence-electron chi connectivity index (χ1n) is 11.6. The van der Waals surface area contributed by atoms with E-state index >= 15 is 0 Å². The molecule has 5 rings (SSSR count). The summed E-state index contributed by atoms with van der Waals surface area (Å²) in [6.45, 7) is 19.5. The zero-order valence-corrected chi connectivity index (χ0v) is 18.9. The Bertz CT molecular complexity index is 812. The van der Waals surface area contributed by atoms with Crippen molar-refractivity contribution < 1.29 is 9.05 Å². The molecule has 0 atom stereocenters. The van der Waals surface area contributed by atoms with Crippen LogP contribution in [0.4, 0.5) is 17.3 Å². The number of hydrogen-bond donors (Lipinski definition) is 0. The molecule has 4 heterocycles. The van der Waals surface area contributed by atoms with Gasteiger partial charge in [-0.25, -0.2) is 9.13 Å². The van der Waals surface area contributed by atoms with Gasteiger partial charge in [0.15, 0.2) is 0 Å². The lowest BCUT2D eigenvalue weighted by molar-refractivity contribution is -0.939. The number of fused-ring (bicyclic) bond motifs is 3. The van der Waals surface area contributed by atoms with E-state index in [4.69, 9.17) is 0 Å². The van der Waals surface area contributed by atoms with Crippen LogP contribution >= 0.6 is 0 Å². The Morgan fingerprint density at radius 1 is 1.00 bits per heavy atom. The van der Waals surface area contributed by atoms with Crippen LogP contribution in [0.5, 0.6) is 0 Å². The second-order valence-corrected chi connectivity index (χ2v) is 8.54. The predicted molar refractivity (Wildman–Crippen MR) is 121 cm³/mol. The predicted octanol–water partition coefficient (Wildman–Crippen LogP) is 3.20. The van der Waals surface area contributed by atoms with Crippen LogP contribution in [0.25, 0.3) is 0 Å². The Morgan fingerprint density at radius 2 is 1.70 bits per heavy atom. The van der Waals surface area contributed by atoms with Gasteiger partial charge in [0.2, 0.25) is 0 Å². The first kappa shape index (κ1) is 21.0. The molecule has 1 aromatic carbocycles. The van der Waals surface area contributed by atoms with Crippen molar-refractivity contribution in [1.82, 2.24) is 9.47 Å². The molecule has 7 heteroatoms. The number of piperazine rings is 3. The molecule has 1 aromatic heterocycles. The molecule has 3 saturated heterocycles. The van der Waals surface area contributed by atoms with E-state index in [1.165, 1.54) is 56.0 Å². The number of likely N-dealkylation sites (N-methyl/N-ethyl adjacent to an activating group) is 1. The average molecular weight is 412 g/mol. The molecule has 3 aliphatic heterocycles. The van der Waals surface area contributed by atoms with E-state index in [0.29, 0.717) is 0 Å². The van der Waals surface area contributed by atoms with Gasteiger partial charge in [0.05, 0.1) is 58.2 Å². The van der Waals surface area contributed by atoms with Gasteiger partial charge in [0.1, 0.15) is 5.69 Å². The molecule has 162 valence electrons. The molecule has 2 bridgehead atoms. The first-order chi connectivity index (χ1) is 14.7. The highest BCUT2D eigenvalue weighted by Crippen LogP contribution is 2.23. The number of azo groups is 1. The van der Waals surface area contributed by atoms with E-state index in [1.54, 1.807) is 0 Å². The maximum Gasteiger partial charge on any atom is 0.421 e. The van der Waals surface area contributed by atoms with Gasteiger partial charge in [-0.2, -0.15) is 0 Å². The molecule has 7 nitrogen and oxygen atoms in total. The Hall–Kier alpha value is -2.25. The SMILES string of the molecule is CCN(CC[N+]12CCN(CC1)CC2)c1ccc(N=Nc2n(CC)cc[n+]2CC)cc1.